The fourth-order valence-electron chi connectivity index (χ4n) is 2.18. The predicted octanol–water partition coefficient (Wildman–Crippen LogP) is 1.91. The van der Waals surface area contributed by atoms with E-state index in [0.29, 0.717) is 19.6 Å². The molecule has 3 atom stereocenters. The molecule has 1 aliphatic heterocycles. The van der Waals surface area contributed by atoms with Gasteiger partial charge in [-0.3, -0.25) is 0 Å². The van der Waals surface area contributed by atoms with E-state index < -0.39 is 15.3 Å². The molecule has 0 bridgehead atoms. The first kappa shape index (κ1) is 15.8. The lowest BCUT2D eigenvalue weighted by atomic mass is 10.0. The molecule has 7 heteroatoms. The van der Waals surface area contributed by atoms with Gasteiger partial charge in [0.25, 0.3) is 0 Å². The molecular formula is C13H18BrNO4S. The summed E-state index contributed by atoms with van der Waals surface area (Å²) < 4.78 is 34.9. The zero-order valence-electron chi connectivity index (χ0n) is 11.2. The maximum Gasteiger partial charge on any atom is 0.211 e. The summed E-state index contributed by atoms with van der Waals surface area (Å²) in [6.45, 7) is 2.59. The summed E-state index contributed by atoms with van der Waals surface area (Å²) in [7, 11) is -3.51. The van der Waals surface area contributed by atoms with Crippen molar-refractivity contribution in [1.82, 2.24) is 0 Å². The molecule has 1 saturated heterocycles. The van der Waals surface area contributed by atoms with Crippen LogP contribution in [-0.2, 0) is 14.8 Å². The monoisotopic (exact) mass is 363 g/mol. The van der Waals surface area contributed by atoms with Gasteiger partial charge in [-0.1, -0.05) is 15.9 Å². The number of halogens is 1. The first-order valence-electron chi connectivity index (χ1n) is 6.38. The number of hydrogen-bond donors (Lipinski definition) is 1. The number of nitrogens with two attached hydrogens (primary N) is 1. The van der Waals surface area contributed by atoms with Crippen LogP contribution < -0.4 is 9.88 Å². The third kappa shape index (κ3) is 4.18. The Morgan fingerprint density at radius 2 is 2.05 bits per heavy atom. The van der Waals surface area contributed by atoms with Crippen molar-refractivity contribution in [3.8, 4) is 5.75 Å². The van der Waals surface area contributed by atoms with Crippen molar-refractivity contribution in [1.29, 1.82) is 0 Å². The number of benzene rings is 1. The molecule has 0 radical (unpaired) electrons. The normalized spacial score (nSPS) is 24.6. The molecule has 0 amide bonds. The Balaban J connectivity index is 1.99. The van der Waals surface area contributed by atoms with Crippen LogP contribution in [0.25, 0.3) is 0 Å². The van der Waals surface area contributed by atoms with Gasteiger partial charge in [-0.2, -0.15) is 0 Å². The highest BCUT2D eigenvalue weighted by atomic mass is 79.9. The lowest BCUT2D eigenvalue weighted by Crippen LogP contribution is -2.33. The summed E-state index contributed by atoms with van der Waals surface area (Å²) in [5.74, 6) is 0.781. The molecule has 0 aromatic heterocycles. The van der Waals surface area contributed by atoms with Crippen LogP contribution in [0, 0.1) is 5.92 Å². The van der Waals surface area contributed by atoms with Gasteiger partial charge in [-0.15, -0.1) is 0 Å². The third-order valence-electron chi connectivity index (χ3n) is 3.44. The standard InChI is InChI=1S/C13H18BrNO4S/c1-9(20(15,16)17)6-10-7-18-8-13(10)19-12-4-2-11(14)3-5-12/h2-5,9-10,13H,6-8H2,1H3,(H2,15,16,17)/t9?,10-,13+/m0/s1. The second-order valence-corrected chi connectivity index (χ2v) is 7.94. The van der Waals surface area contributed by atoms with E-state index >= 15 is 0 Å². The molecule has 1 aliphatic rings. The first-order chi connectivity index (χ1) is 9.36. The fourth-order valence-corrected chi connectivity index (χ4v) is 2.96. The van der Waals surface area contributed by atoms with E-state index in [1.54, 1.807) is 6.92 Å². The molecule has 1 aromatic rings. The Bertz CT molecular complexity index is 546. The summed E-state index contributed by atoms with van der Waals surface area (Å²) in [6, 6.07) is 7.52. The van der Waals surface area contributed by atoms with Gasteiger partial charge in [0.15, 0.2) is 0 Å². The van der Waals surface area contributed by atoms with Gasteiger partial charge >= 0.3 is 0 Å². The zero-order valence-corrected chi connectivity index (χ0v) is 13.6. The van der Waals surface area contributed by atoms with E-state index in [4.69, 9.17) is 14.6 Å². The maximum atomic E-state index is 11.3. The molecule has 1 unspecified atom stereocenters. The van der Waals surface area contributed by atoms with Crippen molar-refractivity contribution in [2.24, 2.45) is 11.1 Å². The van der Waals surface area contributed by atoms with E-state index in [1.807, 2.05) is 24.3 Å². The fraction of sp³-hybridized carbons (Fsp3) is 0.538. The van der Waals surface area contributed by atoms with Crippen molar-refractivity contribution in [3.05, 3.63) is 28.7 Å². The van der Waals surface area contributed by atoms with Gasteiger partial charge in [0.05, 0.1) is 18.5 Å². The Morgan fingerprint density at radius 1 is 1.40 bits per heavy atom. The molecule has 5 nitrogen and oxygen atoms in total. The summed E-state index contributed by atoms with van der Waals surface area (Å²) in [4.78, 5) is 0. The largest absolute Gasteiger partial charge is 0.488 e. The van der Waals surface area contributed by atoms with Crippen LogP contribution in [-0.4, -0.2) is 33.0 Å². The minimum Gasteiger partial charge on any atom is -0.488 e. The molecule has 0 saturated carbocycles. The maximum absolute atomic E-state index is 11.3. The molecule has 1 aromatic carbocycles. The number of sulfonamides is 1. The molecule has 112 valence electrons. The lowest BCUT2D eigenvalue weighted by molar-refractivity contribution is 0.136. The van der Waals surface area contributed by atoms with Crippen LogP contribution in [0.5, 0.6) is 5.75 Å². The Labute approximate surface area is 127 Å². The van der Waals surface area contributed by atoms with Crippen LogP contribution >= 0.6 is 15.9 Å². The molecule has 1 fully saturated rings. The van der Waals surface area contributed by atoms with Crippen LogP contribution in [0.3, 0.4) is 0 Å². The molecular weight excluding hydrogens is 346 g/mol. The van der Waals surface area contributed by atoms with Crippen molar-refractivity contribution in [2.75, 3.05) is 13.2 Å². The number of hydrogen-bond acceptors (Lipinski definition) is 4. The zero-order chi connectivity index (χ0) is 14.8. The second-order valence-electron chi connectivity index (χ2n) is 5.04. The van der Waals surface area contributed by atoms with Gasteiger partial charge in [0, 0.05) is 10.4 Å². The lowest BCUT2D eigenvalue weighted by Gasteiger charge is -2.21. The average Bonchev–Trinajstić information content (AvgIpc) is 2.78. The molecule has 0 spiro atoms. The van der Waals surface area contributed by atoms with Gasteiger partial charge in [0.1, 0.15) is 11.9 Å². The molecule has 2 N–H and O–H groups in total. The van der Waals surface area contributed by atoms with Crippen LogP contribution in [0.2, 0.25) is 0 Å². The topological polar surface area (TPSA) is 78.6 Å². The van der Waals surface area contributed by atoms with E-state index in [0.717, 1.165) is 10.2 Å². The summed E-state index contributed by atoms with van der Waals surface area (Å²) in [5.41, 5.74) is 0. The van der Waals surface area contributed by atoms with Crippen LogP contribution in [0.4, 0.5) is 0 Å². The Hall–Kier alpha value is -0.630. The smallest absolute Gasteiger partial charge is 0.211 e. The highest BCUT2D eigenvalue weighted by Gasteiger charge is 2.33. The van der Waals surface area contributed by atoms with E-state index in [-0.39, 0.29) is 12.0 Å². The van der Waals surface area contributed by atoms with Crippen LogP contribution in [0.1, 0.15) is 13.3 Å². The van der Waals surface area contributed by atoms with Crippen molar-refractivity contribution < 1.29 is 17.9 Å². The number of ether oxygens (including phenoxy) is 2. The van der Waals surface area contributed by atoms with Gasteiger partial charge in [-0.05, 0) is 37.6 Å². The average molecular weight is 364 g/mol. The van der Waals surface area contributed by atoms with Gasteiger partial charge in [0.2, 0.25) is 10.0 Å². The quantitative estimate of drug-likeness (QED) is 0.866. The minimum absolute atomic E-state index is 0.0342. The predicted molar refractivity (Wildman–Crippen MR) is 80.1 cm³/mol. The first-order valence-corrected chi connectivity index (χ1v) is 8.78. The van der Waals surface area contributed by atoms with Gasteiger partial charge < -0.3 is 9.47 Å². The highest BCUT2D eigenvalue weighted by Crippen LogP contribution is 2.26. The van der Waals surface area contributed by atoms with Crippen molar-refractivity contribution in [3.63, 3.8) is 0 Å². The number of rotatable bonds is 5. The van der Waals surface area contributed by atoms with E-state index in [1.165, 1.54) is 0 Å². The van der Waals surface area contributed by atoms with Crippen molar-refractivity contribution in [2.45, 2.75) is 24.7 Å². The van der Waals surface area contributed by atoms with E-state index in [9.17, 15) is 8.42 Å². The van der Waals surface area contributed by atoms with Crippen LogP contribution in [0.15, 0.2) is 28.7 Å². The third-order valence-corrected chi connectivity index (χ3v) is 5.28. The van der Waals surface area contributed by atoms with Gasteiger partial charge in [-0.25, -0.2) is 13.6 Å². The highest BCUT2D eigenvalue weighted by molar-refractivity contribution is 9.10. The van der Waals surface area contributed by atoms with E-state index in [2.05, 4.69) is 15.9 Å². The summed E-state index contributed by atoms with van der Waals surface area (Å²) in [6.07, 6.45) is 0.306. The Kier molecular flexibility index (Phi) is 5.06. The summed E-state index contributed by atoms with van der Waals surface area (Å²) >= 11 is 3.36. The number of primary sulfonamides is 1. The van der Waals surface area contributed by atoms with Crippen molar-refractivity contribution >= 4 is 26.0 Å². The Morgan fingerprint density at radius 3 is 2.65 bits per heavy atom. The minimum atomic E-state index is -3.51. The molecule has 2 rings (SSSR count). The molecule has 0 aliphatic carbocycles. The SMILES string of the molecule is CC(C[C@H]1COC[C@H]1Oc1ccc(Br)cc1)S(N)(=O)=O. The molecule has 20 heavy (non-hydrogen) atoms. The molecule has 1 heterocycles. The second kappa shape index (κ2) is 6.43. The summed E-state index contributed by atoms with van der Waals surface area (Å²) in [5, 5.41) is 4.56.